The summed E-state index contributed by atoms with van der Waals surface area (Å²) in [6.45, 7) is 3.75. The van der Waals surface area contributed by atoms with Crippen molar-refractivity contribution < 1.29 is 0 Å². The Bertz CT molecular complexity index is 549. The lowest BCUT2D eigenvalue weighted by molar-refractivity contribution is 1.24. The summed E-state index contributed by atoms with van der Waals surface area (Å²) in [6, 6.07) is 3.64. The van der Waals surface area contributed by atoms with Gasteiger partial charge in [-0.1, -0.05) is 34.8 Å². The number of aryl methyl sites for hydroxylation is 2. The quantitative estimate of drug-likeness (QED) is 0.662. The van der Waals surface area contributed by atoms with Crippen LogP contribution in [-0.4, -0.2) is 4.98 Å². The van der Waals surface area contributed by atoms with E-state index in [1.54, 1.807) is 6.07 Å². The molecule has 0 unspecified atom stereocenters. The summed E-state index contributed by atoms with van der Waals surface area (Å²) >= 11 is 18.2. The van der Waals surface area contributed by atoms with Crippen molar-refractivity contribution in [3.05, 3.63) is 38.5 Å². The largest absolute Gasteiger partial charge is 0.251 e. The third-order valence-corrected chi connectivity index (χ3v) is 3.75. The normalized spacial score (nSPS) is 11.0. The summed E-state index contributed by atoms with van der Waals surface area (Å²) in [5.41, 5.74) is 2.46. The second kappa shape index (κ2) is 3.82. The van der Waals surface area contributed by atoms with Crippen molar-refractivity contribution in [1.29, 1.82) is 0 Å². The summed E-state index contributed by atoms with van der Waals surface area (Å²) in [4.78, 5) is 4.40. The van der Waals surface area contributed by atoms with Crippen LogP contribution in [-0.2, 0) is 0 Å². The van der Waals surface area contributed by atoms with E-state index in [2.05, 4.69) is 4.98 Å². The lowest BCUT2D eigenvalue weighted by Gasteiger charge is -2.08. The first-order valence-corrected chi connectivity index (χ1v) is 5.56. The van der Waals surface area contributed by atoms with Crippen LogP contribution in [0, 0.1) is 13.8 Å². The van der Waals surface area contributed by atoms with Crippen molar-refractivity contribution in [2.24, 2.45) is 0 Å². The van der Waals surface area contributed by atoms with E-state index in [1.165, 1.54) is 0 Å². The van der Waals surface area contributed by atoms with Crippen LogP contribution < -0.4 is 0 Å². The zero-order valence-corrected chi connectivity index (χ0v) is 10.5. The highest BCUT2D eigenvalue weighted by Gasteiger charge is 2.11. The summed E-state index contributed by atoms with van der Waals surface area (Å²) in [6.07, 6.45) is 0. The van der Waals surface area contributed by atoms with Crippen molar-refractivity contribution in [2.45, 2.75) is 13.8 Å². The average molecular weight is 261 g/mol. The van der Waals surface area contributed by atoms with E-state index >= 15 is 0 Å². The Balaban J connectivity index is 2.98. The number of fused-ring (bicyclic) bond motifs is 1. The van der Waals surface area contributed by atoms with Gasteiger partial charge in [-0.05, 0) is 31.5 Å². The van der Waals surface area contributed by atoms with Gasteiger partial charge in [-0.15, -0.1) is 0 Å². The smallest absolute Gasteiger partial charge is 0.0811 e. The number of hydrogen-bond donors (Lipinski definition) is 0. The molecule has 0 saturated heterocycles. The minimum atomic E-state index is 0.505. The maximum absolute atomic E-state index is 6.14. The van der Waals surface area contributed by atoms with Crippen molar-refractivity contribution in [3.63, 3.8) is 0 Å². The molecule has 2 aromatic rings. The van der Waals surface area contributed by atoms with Gasteiger partial charge in [-0.2, -0.15) is 0 Å². The van der Waals surface area contributed by atoms with Crippen molar-refractivity contribution >= 4 is 45.7 Å². The molecule has 0 saturated carbocycles. The molecule has 0 aliphatic carbocycles. The first-order valence-electron chi connectivity index (χ1n) is 4.42. The van der Waals surface area contributed by atoms with Crippen LogP contribution in [0.1, 0.15) is 11.3 Å². The number of aromatic nitrogens is 1. The van der Waals surface area contributed by atoms with Crippen molar-refractivity contribution in [3.8, 4) is 0 Å². The van der Waals surface area contributed by atoms with Gasteiger partial charge in [0, 0.05) is 10.4 Å². The Morgan fingerprint density at radius 1 is 1.00 bits per heavy atom. The predicted octanol–water partition coefficient (Wildman–Crippen LogP) is 4.81. The highest BCUT2D eigenvalue weighted by molar-refractivity contribution is 6.45. The average Bonchev–Trinajstić information content (AvgIpc) is 2.21. The number of rotatable bonds is 0. The van der Waals surface area contributed by atoms with Gasteiger partial charge >= 0.3 is 0 Å². The molecule has 0 radical (unpaired) electrons. The van der Waals surface area contributed by atoms with Gasteiger partial charge in [0.2, 0.25) is 0 Å². The van der Waals surface area contributed by atoms with Crippen molar-refractivity contribution in [1.82, 2.24) is 4.98 Å². The fourth-order valence-corrected chi connectivity index (χ4v) is 2.08. The molecular formula is C11H8Cl3N. The molecule has 4 heteroatoms. The Labute approximate surface area is 103 Å². The van der Waals surface area contributed by atoms with Crippen LogP contribution in [0.4, 0.5) is 0 Å². The summed E-state index contributed by atoms with van der Waals surface area (Å²) in [7, 11) is 0. The fraction of sp³-hybridized carbons (Fsp3) is 0.182. The monoisotopic (exact) mass is 259 g/mol. The predicted molar refractivity (Wildman–Crippen MR) is 66.2 cm³/mol. The highest BCUT2D eigenvalue weighted by Crippen LogP contribution is 2.34. The molecule has 0 bridgehead atoms. The van der Waals surface area contributed by atoms with Gasteiger partial charge in [0.1, 0.15) is 0 Å². The third-order valence-electron chi connectivity index (χ3n) is 2.39. The molecule has 78 valence electrons. The molecule has 0 spiro atoms. The minimum Gasteiger partial charge on any atom is -0.251 e. The van der Waals surface area contributed by atoms with Crippen LogP contribution in [0.5, 0.6) is 0 Å². The molecule has 0 N–H and O–H groups in total. The molecule has 15 heavy (non-hydrogen) atoms. The number of hydrogen-bond acceptors (Lipinski definition) is 1. The molecule has 0 aliphatic rings. The van der Waals surface area contributed by atoms with E-state index in [-0.39, 0.29) is 0 Å². The molecule has 0 atom stereocenters. The SMILES string of the molecule is Cc1nc2c(C)c(Cl)ccc2c(Cl)c1Cl. The van der Waals surface area contributed by atoms with E-state index < -0.39 is 0 Å². The van der Waals surface area contributed by atoms with Crippen LogP contribution in [0.25, 0.3) is 10.9 Å². The molecule has 1 nitrogen and oxygen atoms in total. The number of halogens is 3. The lowest BCUT2D eigenvalue weighted by atomic mass is 10.1. The van der Waals surface area contributed by atoms with Gasteiger partial charge in [-0.3, -0.25) is 4.98 Å². The first-order chi connectivity index (χ1) is 7.02. The first kappa shape index (κ1) is 11.0. The van der Waals surface area contributed by atoms with E-state index in [4.69, 9.17) is 34.8 Å². The van der Waals surface area contributed by atoms with Gasteiger partial charge in [-0.25, -0.2) is 0 Å². The maximum Gasteiger partial charge on any atom is 0.0811 e. The second-order valence-corrected chi connectivity index (χ2v) is 4.56. The molecule has 2 rings (SSSR count). The number of benzene rings is 1. The zero-order valence-electron chi connectivity index (χ0n) is 8.24. The van der Waals surface area contributed by atoms with Gasteiger partial charge in [0.15, 0.2) is 0 Å². The summed E-state index contributed by atoms with van der Waals surface area (Å²) < 4.78 is 0. The number of pyridine rings is 1. The molecule has 0 fully saturated rings. The molecular weight excluding hydrogens is 252 g/mol. The highest BCUT2D eigenvalue weighted by atomic mass is 35.5. The standard InChI is InChI=1S/C11H8Cl3N/c1-5-8(12)4-3-7-10(14)9(13)6(2)15-11(5)7/h3-4H,1-2H3. The minimum absolute atomic E-state index is 0.505. The van der Waals surface area contributed by atoms with Crippen LogP contribution >= 0.6 is 34.8 Å². The Hall–Kier alpha value is -0.500. The van der Waals surface area contributed by atoms with E-state index in [1.807, 2.05) is 19.9 Å². The van der Waals surface area contributed by atoms with Crippen LogP contribution in [0.3, 0.4) is 0 Å². The van der Waals surface area contributed by atoms with E-state index in [0.29, 0.717) is 15.1 Å². The van der Waals surface area contributed by atoms with Crippen LogP contribution in [0.2, 0.25) is 15.1 Å². The zero-order chi connectivity index (χ0) is 11.2. The maximum atomic E-state index is 6.14. The second-order valence-electron chi connectivity index (χ2n) is 3.39. The molecule has 1 aromatic heterocycles. The van der Waals surface area contributed by atoms with Crippen LogP contribution in [0.15, 0.2) is 12.1 Å². The Morgan fingerprint density at radius 3 is 2.33 bits per heavy atom. The number of nitrogens with zero attached hydrogens (tertiary/aromatic N) is 1. The van der Waals surface area contributed by atoms with E-state index in [9.17, 15) is 0 Å². The Kier molecular flexibility index (Phi) is 2.80. The molecule has 1 heterocycles. The Morgan fingerprint density at radius 2 is 1.67 bits per heavy atom. The molecule has 1 aromatic carbocycles. The third kappa shape index (κ3) is 1.69. The molecule has 0 aliphatic heterocycles. The lowest BCUT2D eigenvalue weighted by Crippen LogP contribution is -1.90. The fourth-order valence-electron chi connectivity index (χ4n) is 1.49. The molecule has 0 amide bonds. The van der Waals surface area contributed by atoms with Gasteiger partial charge < -0.3 is 0 Å². The summed E-state index contributed by atoms with van der Waals surface area (Å²) in [5.74, 6) is 0. The summed E-state index contributed by atoms with van der Waals surface area (Å²) in [5, 5.41) is 2.58. The van der Waals surface area contributed by atoms with E-state index in [0.717, 1.165) is 22.2 Å². The van der Waals surface area contributed by atoms with Gasteiger partial charge in [0.25, 0.3) is 0 Å². The van der Waals surface area contributed by atoms with Gasteiger partial charge in [0.05, 0.1) is 21.3 Å². The topological polar surface area (TPSA) is 12.9 Å². The van der Waals surface area contributed by atoms with Crippen molar-refractivity contribution in [2.75, 3.05) is 0 Å².